The standard InChI is InChI=1S/C12H22N4/c1-3-16-6-4-5-12(16)9-13-7-11-8-14-15-10(11)2/h8,12-13H,3-7,9H2,1-2H3,(H,14,15). The van der Waals surface area contributed by atoms with Crippen LogP contribution in [-0.2, 0) is 6.54 Å². The van der Waals surface area contributed by atoms with Gasteiger partial charge in [-0.1, -0.05) is 6.92 Å². The van der Waals surface area contributed by atoms with Gasteiger partial charge in [0.2, 0.25) is 0 Å². The SMILES string of the molecule is CCN1CCCC1CNCc1cn[nH]c1C. The fourth-order valence-electron chi connectivity index (χ4n) is 2.47. The summed E-state index contributed by atoms with van der Waals surface area (Å²) in [5.74, 6) is 0. The van der Waals surface area contributed by atoms with Crippen molar-refractivity contribution in [3.63, 3.8) is 0 Å². The van der Waals surface area contributed by atoms with Crippen LogP contribution in [-0.4, -0.2) is 40.8 Å². The summed E-state index contributed by atoms with van der Waals surface area (Å²) in [6, 6.07) is 0.734. The molecule has 0 amide bonds. The molecule has 2 heterocycles. The number of hydrogen-bond acceptors (Lipinski definition) is 3. The predicted molar refractivity (Wildman–Crippen MR) is 65.3 cm³/mol. The van der Waals surface area contributed by atoms with E-state index in [9.17, 15) is 0 Å². The molecule has 0 aromatic carbocycles. The van der Waals surface area contributed by atoms with Crippen molar-refractivity contribution in [3.05, 3.63) is 17.5 Å². The van der Waals surface area contributed by atoms with Gasteiger partial charge in [0.1, 0.15) is 0 Å². The van der Waals surface area contributed by atoms with Crippen molar-refractivity contribution in [3.8, 4) is 0 Å². The third kappa shape index (κ3) is 2.62. The van der Waals surface area contributed by atoms with Crippen molar-refractivity contribution in [2.75, 3.05) is 19.6 Å². The van der Waals surface area contributed by atoms with Gasteiger partial charge in [-0.25, -0.2) is 0 Å². The highest BCUT2D eigenvalue weighted by molar-refractivity contribution is 5.13. The molecular weight excluding hydrogens is 200 g/mol. The monoisotopic (exact) mass is 222 g/mol. The Kier molecular flexibility index (Phi) is 3.96. The summed E-state index contributed by atoms with van der Waals surface area (Å²) in [6.45, 7) is 8.79. The molecule has 1 aromatic rings. The molecule has 0 saturated carbocycles. The number of aromatic nitrogens is 2. The lowest BCUT2D eigenvalue weighted by molar-refractivity contribution is 0.260. The Labute approximate surface area is 97.4 Å². The van der Waals surface area contributed by atoms with E-state index in [1.165, 1.54) is 37.2 Å². The van der Waals surface area contributed by atoms with Crippen LogP contribution in [0.1, 0.15) is 31.0 Å². The van der Waals surface area contributed by atoms with Crippen LogP contribution in [0.2, 0.25) is 0 Å². The lowest BCUT2D eigenvalue weighted by Gasteiger charge is -2.22. The Bertz CT molecular complexity index is 321. The highest BCUT2D eigenvalue weighted by atomic mass is 15.2. The lowest BCUT2D eigenvalue weighted by Crippen LogP contribution is -2.37. The van der Waals surface area contributed by atoms with E-state index in [0.717, 1.165) is 19.1 Å². The van der Waals surface area contributed by atoms with Crippen molar-refractivity contribution in [1.29, 1.82) is 0 Å². The predicted octanol–water partition coefficient (Wildman–Crippen LogP) is 1.29. The largest absolute Gasteiger partial charge is 0.311 e. The molecule has 4 heteroatoms. The number of rotatable bonds is 5. The van der Waals surface area contributed by atoms with Crippen LogP contribution >= 0.6 is 0 Å². The molecule has 0 spiro atoms. The van der Waals surface area contributed by atoms with Crippen molar-refractivity contribution < 1.29 is 0 Å². The first-order valence-electron chi connectivity index (χ1n) is 6.25. The fraction of sp³-hybridized carbons (Fsp3) is 0.750. The first kappa shape index (κ1) is 11.6. The fourth-order valence-corrected chi connectivity index (χ4v) is 2.47. The first-order valence-corrected chi connectivity index (χ1v) is 6.25. The Morgan fingerprint density at radius 1 is 1.62 bits per heavy atom. The molecule has 0 radical (unpaired) electrons. The van der Waals surface area contributed by atoms with Gasteiger partial charge in [0, 0.05) is 30.4 Å². The third-order valence-corrected chi connectivity index (χ3v) is 3.53. The molecule has 2 N–H and O–H groups in total. The molecule has 1 atom stereocenters. The molecule has 16 heavy (non-hydrogen) atoms. The minimum absolute atomic E-state index is 0.734. The number of nitrogens with one attached hydrogen (secondary N) is 2. The molecule has 2 rings (SSSR count). The number of hydrogen-bond donors (Lipinski definition) is 2. The zero-order valence-corrected chi connectivity index (χ0v) is 10.3. The zero-order chi connectivity index (χ0) is 11.4. The van der Waals surface area contributed by atoms with E-state index in [4.69, 9.17) is 0 Å². The van der Waals surface area contributed by atoms with Crippen LogP contribution in [0.15, 0.2) is 6.20 Å². The van der Waals surface area contributed by atoms with Crippen molar-refractivity contribution in [1.82, 2.24) is 20.4 Å². The number of H-pyrrole nitrogens is 1. The maximum Gasteiger partial charge on any atom is 0.0535 e. The van der Waals surface area contributed by atoms with Gasteiger partial charge in [-0.15, -0.1) is 0 Å². The van der Waals surface area contributed by atoms with Crippen molar-refractivity contribution in [2.45, 2.75) is 39.3 Å². The van der Waals surface area contributed by atoms with Crippen LogP contribution in [0, 0.1) is 6.92 Å². The highest BCUT2D eigenvalue weighted by Crippen LogP contribution is 2.15. The summed E-state index contributed by atoms with van der Waals surface area (Å²) >= 11 is 0. The van der Waals surface area contributed by atoms with Crippen LogP contribution < -0.4 is 5.32 Å². The van der Waals surface area contributed by atoms with Crippen molar-refractivity contribution in [2.24, 2.45) is 0 Å². The van der Waals surface area contributed by atoms with E-state index in [-0.39, 0.29) is 0 Å². The molecule has 1 aromatic heterocycles. The minimum atomic E-state index is 0.734. The minimum Gasteiger partial charge on any atom is -0.311 e. The summed E-state index contributed by atoms with van der Waals surface area (Å²) in [5, 5.41) is 10.5. The highest BCUT2D eigenvalue weighted by Gasteiger charge is 2.22. The van der Waals surface area contributed by atoms with Gasteiger partial charge in [-0.05, 0) is 32.9 Å². The van der Waals surface area contributed by atoms with Crippen LogP contribution in [0.3, 0.4) is 0 Å². The number of aryl methyl sites for hydroxylation is 1. The second-order valence-electron chi connectivity index (χ2n) is 4.58. The number of aromatic amines is 1. The number of nitrogens with zero attached hydrogens (tertiary/aromatic N) is 2. The van der Waals surface area contributed by atoms with E-state index < -0.39 is 0 Å². The smallest absolute Gasteiger partial charge is 0.0535 e. The number of likely N-dealkylation sites (tertiary alicyclic amines) is 1. The topological polar surface area (TPSA) is 44.0 Å². The Morgan fingerprint density at radius 3 is 3.19 bits per heavy atom. The average molecular weight is 222 g/mol. The number of likely N-dealkylation sites (N-methyl/N-ethyl adjacent to an activating group) is 1. The summed E-state index contributed by atoms with van der Waals surface area (Å²) in [7, 11) is 0. The van der Waals surface area contributed by atoms with Gasteiger partial charge in [0.15, 0.2) is 0 Å². The Balaban J connectivity index is 1.74. The Hall–Kier alpha value is -0.870. The Morgan fingerprint density at radius 2 is 2.50 bits per heavy atom. The zero-order valence-electron chi connectivity index (χ0n) is 10.3. The lowest BCUT2D eigenvalue weighted by atomic mass is 10.2. The second kappa shape index (κ2) is 5.46. The first-order chi connectivity index (χ1) is 7.81. The molecule has 1 aliphatic heterocycles. The summed E-state index contributed by atoms with van der Waals surface area (Å²) in [6.07, 6.45) is 4.60. The average Bonchev–Trinajstić information content (AvgIpc) is 2.88. The van der Waals surface area contributed by atoms with Gasteiger partial charge in [-0.3, -0.25) is 10.00 Å². The quantitative estimate of drug-likeness (QED) is 0.789. The molecule has 1 fully saturated rings. The van der Waals surface area contributed by atoms with E-state index >= 15 is 0 Å². The normalized spacial score (nSPS) is 21.8. The van der Waals surface area contributed by atoms with E-state index in [0.29, 0.717) is 0 Å². The maximum absolute atomic E-state index is 4.03. The van der Waals surface area contributed by atoms with Gasteiger partial charge < -0.3 is 5.32 Å². The molecule has 4 nitrogen and oxygen atoms in total. The van der Waals surface area contributed by atoms with Crippen molar-refractivity contribution >= 4 is 0 Å². The maximum atomic E-state index is 4.03. The summed E-state index contributed by atoms with van der Waals surface area (Å²) in [5.41, 5.74) is 2.45. The molecule has 1 aliphatic rings. The third-order valence-electron chi connectivity index (χ3n) is 3.53. The molecular formula is C12H22N4. The summed E-state index contributed by atoms with van der Waals surface area (Å²) in [4.78, 5) is 2.56. The molecule has 0 bridgehead atoms. The van der Waals surface area contributed by atoms with Crippen LogP contribution in [0.4, 0.5) is 0 Å². The van der Waals surface area contributed by atoms with Crippen LogP contribution in [0.5, 0.6) is 0 Å². The van der Waals surface area contributed by atoms with Gasteiger partial charge in [-0.2, -0.15) is 5.10 Å². The second-order valence-corrected chi connectivity index (χ2v) is 4.58. The van der Waals surface area contributed by atoms with E-state index in [1.807, 2.05) is 6.20 Å². The van der Waals surface area contributed by atoms with E-state index in [2.05, 4.69) is 34.3 Å². The van der Waals surface area contributed by atoms with Gasteiger partial charge in [0.05, 0.1) is 6.20 Å². The molecule has 1 saturated heterocycles. The summed E-state index contributed by atoms with van der Waals surface area (Å²) < 4.78 is 0. The van der Waals surface area contributed by atoms with Gasteiger partial charge >= 0.3 is 0 Å². The molecule has 1 unspecified atom stereocenters. The molecule has 0 aliphatic carbocycles. The van der Waals surface area contributed by atoms with E-state index in [1.54, 1.807) is 0 Å². The van der Waals surface area contributed by atoms with Crippen LogP contribution in [0.25, 0.3) is 0 Å². The van der Waals surface area contributed by atoms with Gasteiger partial charge in [0.25, 0.3) is 0 Å². The molecule has 90 valence electrons.